The van der Waals surface area contributed by atoms with Crippen LogP contribution in [0.1, 0.15) is 55.2 Å². The smallest absolute Gasteiger partial charge is 0.313 e. The maximum Gasteiger partial charge on any atom is 0.313 e. The van der Waals surface area contributed by atoms with Gasteiger partial charge in [-0.3, -0.25) is 14.4 Å². The topological polar surface area (TPSA) is 107 Å². The summed E-state index contributed by atoms with van der Waals surface area (Å²) in [4.78, 5) is 42.4. The molecule has 1 aromatic heterocycles. The summed E-state index contributed by atoms with van der Waals surface area (Å²) < 4.78 is 37.7. The fraction of sp³-hybridized carbons (Fsp3) is 0.310. The molecule has 0 saturated carbocycles. The van der Waals surface area contributed by atoms with E-state index in [1.54, 1.807) is 45.0 Å². The first-order valence-corrected chi connectivity index (χ1v) is 12.4. The molecule has 3 rings (SSSR count). The van der Waals surface area contributed by atoms with Crippen LogP contribution in [0.3, 0.4) is 0 Å². The Labute approximate surface area is 225 Å². The van der Waals surface area contributed by atoms with Crippen molar-refractivity contribution in [2.45, 2.75) is 45.7 Å². The Morgan fingerprint density at radius 3 is 1.85 bits per heavy atom. The number of nitrogens with one attached hydrogen (secondary N) is 2. The van der Waals surface area contributed by atoms with E-state index in [0.717, 1.165) is 0 Å². The van der Waals surface area contributed by atoms with Gasteiger partial charge in [0.25, 0.3) is 5.91 Å². The summed E-state index contributed by atoms with van der Waals surface area (Å²) in [6.07, 6.45) is 1.32. The molecule has 8 nitrogen and oxygen atoms in total. The molecule has 39 heavy (non-hydrogen) atoms. The summed E-state index contributed by atoms with van der Waals surface area (Å²) in [5, 5.41) is 5.44. The number of pyridine rings is 1. The fourth-order valence-corrected chi connectivity index (χ4v) is 3.94. The Kier molecular flexibility index (Phi) is 9.70. The van der Waals surface area contributed by atoms with Gasteiger partial charge in [-0.1, -0.05) is 38.1 Å². The molecule has 3 aromatic rings. The van der Waals surface area contributed by atoms with E-state index in [4.69, 9.17) is 9.47 Å². The molecule has 0 bridgehead atoms. The van der Waals surface area contributed by atoms with Gasteiger partial charge in [-0.15, -0.1) is 0 Å². The van der Waals surface area contributed by atoms with Crippen molar-refractivity contribution >= 4 is 17.8 Å². The van der Waals surface area contributed by atoms with Gasteiger partial charge in [-0.05, 0) is 49.2 Å². The first kappa shape index (κ1) is 29.2. The second-order valence-corrected chi connectivity index (χ2v) is 9.34. The molecular weight excluding hydrogens is 508 g/mol. The van der Waals surface area contributed by atoms with E-state index in [2.05, 4.69) is 15.6 Å². The number of methoxy groups -OCH3 is 1. The van der Waals surface area contributed by atoms with Gasteiger partial charge in [0.2, 0.25) is 11.7 Å². The summed E-state index contributed by atoms with van der Waals surface area (Å²) >= 11 is 0. The number of aromatic nitrogens is 1. The number of carbonyl (C=O) groups excluding carboxylic acids is 3. The highest BCUT2D eigenvalue weighted by atomic mass is 19.1. The van der Waals surface area contributed by atoms with Crippen LogP contribution in [0.25, 0.3) is 0 Å². The van der Waals surface area contributed by atoms with Crippen molar-refractivity contribution in [3.8, 4) is 11.5 Å². The number of carbonyl (C=O) groups is 3. The highest BCUT2D eigenvalue weighted by molar-refractivity contribution is 5.99. The minimum Gasteiger partial charge on any atom is -0.493 e. The van der Waals surface area contributed by atoms with Crippen LogP contribution in [0.5, 0.6) is 11.5 Å². The van der Waals surface area contributed by atoms with E-state index in [-0.39, 0.29) is 17.2 Å². The van der Waals surface area contributed by atoms with Crippen LogP contribution in [0.4, 0.5) is 8.78 Å². The molecular formula is C29H31F2N3O5. The SMILES string of the molecule is COc1ccnc(C(=O)N[C@@H](C)C(=O)N[C@@H](C)C(c2ccc(F)cc2)c2ccc(F)cc2)c1OC(=O)C(C)C. The fourth-order valence-electron chi connectivity index (χ4n) is 3.94. The lowest BCUT2D eigenvalue weighted by atomic mass is 9.85. The molecule has 0 unspecified atom stereocenters. The predicted molar refractivity (Wildman–Crippen MR) is 140 cm³/mol. The number of esters is 1. The molecule has 0 aliphatic heterocycles. The van der Waals surface area contributed by atoms with Gasteiger partial charge in [-0.25, -0.2) is 13.8 Å². The van der Waals surface area contributed by atoms with Crippen LogP contribution in [-0.4, -0.2) is 42.0 Å². The summed E-state index contributed by atoms with van der Waals surface area (Å²) in [6.45, 7) is 6.54. The molecule has 0 radical (unpaired) electrons. The van der Waals surface area contributed by atoms with Gasteiger partial charge in [0.1, 0.15) is 17.7 Å². The maximum absolute atomic E-state index is 13.6. The molecule has 2 aromatic carbocycles. The minimum atomic E-state index is -1.01. The van der Waals surface area contributed by atoms with Crippen molar-refractivity contribution in [3.05, 3.63) is 89.2 Å². The van der Waals surface area contributed by atoms with Crippen molar-refractivity contribution in [1.82, 2.24) is 15.6 Å². The summed E-state index contributed by atoms with van der Waals surface area (Å²) in [5.74, 6) is -3.56. The Morgan fingerprint density at radius 1 is 0.821 bits per heavy atom. The Balaban J connectivity index is 1.78. The van der Waals surface area contributed by atoms with E-state index in [1.165, 1.54) is 50.6 Å². The zero-order valence-electron chi connectivity index (χ0n) is 22.3. The number of amides is 2. The average molecular weight is 540 g/mol. The number of hydrogen-bond acceptors (Lipinski definition) is 6. The van der Waals surface area contributed by atoms with Gasteiger partial charge in [0.05, 0.1) is 13.0 Å². The third-order valence-corrected chi connectivity index (χ3v) is 6.05. The van der Waals surface area contributed by atoms with Crippen molar-refractivity contribution in [1.29, 1.82) is 0 Å². The standard InChI is InChI=1S/C29H31F2N3O5/c1-16(2)29(37)39-26-23(38-5)14-15-32-25(26)28(36)34-18(4)27(35)33-17(3)24(19-6-10-21(30)11-7-19)20-8-12-22(31)13-9-20/h6-18,24H,1-5H3,(H,33,35)(H,34,36)/t17-,18-/m0/s1. The average Bonchev–Trinajstić information content (AvgIpc) is 2.90. The summed E-state index contributed by atoms with van der Waals surface area (Å²) in [5.41, 5.74) is 1.21. The lowest BCUT2D eigenvalue weighted by molar-refractivity contribution is -0.137. The first-order valence-electron chi connectivity index (χ1n) is 12.4. The number of halogens is 2. The van der Waals surface area contributed by atoms with E-state index < -0.39 is 53.3 Å². The van der Waals surface area contributed by atoms with Crippen LogP contribution in [-0.2, 0) is 9.59 Å². The van der Waals surface area contributed by atoms with E-state index >= 15 is 0 Å². The van der Waals surface area contributed by atoms with Crippen LogP contribution >= 0.6 is 0 Å². The Bertz CT molecular complexity index is 1270. The lowest BCUT2D eigenvalue weighted by Gasteiger charge is -2.27. The molecule has 0 fully saturated rings. The van der Waals surface area contributed by atoms with Gasteiger partial charge >= 0.3 is 5.97 Å². The number of ether oxygens (including phenoxy) is 2. The third-order valence-electron chi connectivity index (χ3n) is 6.05. The van der Waals surface area contributed by atoms with Crippen molar-refractivity contribution < 1.29 is 32.6 Å². The highest BCUT2D eigenvalue weighted by Gasteiger charge is 2.28. The van der Waals surface area contributed by atoms with Gasteiger partial charge in [0, 0.05) is 24.2 Å². The van der Waals surface area contributed by atoms with E-state index in [1.807, 2.05) is 0 Å². The van der Waals surface area contributed by atoms with Crippen molar-refractivity contribution in [3.63, 3.8) is 0 Å². The lowest BCUT2D eigenvalue weighted by Crippen LogP contribution is -2.49. The molecule has 2 N–H and O–H groups in total. The Morgan fingerprint density at radius 2 is 1.36 bits per heavy atom. The number of benzene rings is 2. The summed E-state index contributed by atoms with van der Waals surface area (Å²) in [6, 6.07) is 11.6. The molecule has 0 aliphatic rings. The molecule has 1 heterocycles. The molecule has 206 valence electrons. The van der Waals surface area contributed by atoms with Gasteiger partial charge in [-0.2, -0.15) is 0 Å². The van der Waals surface area contributed by atoms with Crippen molar-refractivity contribution in [2.24, 2.45) is 5.92 Å². The second kappa shape index (κ2) is 12.9. The third kappa shape index (κ3) is 7.37. The first-order chi connectivity index (χ1) is 18.5. The van der Waals surface area contributed by atoms with Crippen molar-refractivity contribution in [2.75, 3.05) is 7.11 Å². The van der Waals surface area contributed by atoms with Gasteiger partial charge < -0.3 is 20.1 Å². The van der Waals surface area contributed by atoms with E-state index in [9.17, 15) is 23.2 Å². The molecule has 0 saturated heterocycles. The molecule has 0 spiro atoms. The van der Waals surface area contributed by atoms with Crippen LogP contribution in [0.15, 0.2) is 60.8 Å². The minimum absolute atomic E-state index is 0.135. The molecule has 0 aliphatic carbocycles. The Hall–Kier alpha value is -4.34. The maximum atomic E-state index is 13.6. The molecule has 2 amide bonds. The number of rotatable bonds is 10. The largest absolute Gasteiger partial charge is 0.493 e. The normalized spacial score (nSPS) is 12.5. The second-order valence-electron chi connectivity index (χ2n) is 9.34. The van der Waals surface area contributed by atoms with Gasteiger partial charge in [0.15, 0.2) is 11.4 Å². The summed E-state index contributed by atoms with van der Waals surface area (Å²) in [7, 11) is 1.36. The monoisotopic (exact) mass is 539 g/mol. The van der Waals surface area contributed by atoms with Crippen LogP contribution < -0.4 is 20.1 Å². The van der Waals surface area contributed by atoms with Crippen LogP contribution in [0, 0.1) is 17.6 Å². The van der Waals surface area contributed by atoms with E-state index in [0.29, 0.717) is 11.1 Å². The number of nitrogens with zero attached hydrogens (tertiary/aromatic N) is 1. The predicted octanol–water partition coefficient (Wildman–Crippen LogP) is 4.38. The zero-order valence-corrected chi connectivity index (χ0v) is 22.3. The highest BCUT2D eigenvalue weighted by Crippen LogP contribution is 2.31. The number of hydrogen-bond donors (Lipinski definition) is 2. The zero-order chi connectivity index (χ0) is 28.7. The quantitative estimate of drug-likeness (QED) is 0.371. The van der Waals surface area contributed by atoms with Crippen LogP contribution in [0.2, 0.25) is 0 Å². The molecule has 10 heteroatoms. The molecule has 2 atom stereocenters.